The molecule has 2 aromatic heterocycles. The molecule has 0 bridgehead atoms. The standard InChI is InChI=1S/C20H16F2N4/c1-13-23-6-7-26(13)12-19-10-18(11-24-25-19)15-4-2-14-3-5-16(20(21)22)9-17(14)8-15/h2-11,20H,12H2,1H3. The summed E-state index contributed by atoms with van der Waals surface area (Å²) in [5, 5.41) is 9.98. The molecule has 0 atom stereocenters. The van der Waals surface area contributed by atoms with E-state index in [1.165, 1.54) is 12.1 Å². The third-order valence-corrected chi connectivity index (χ3v) is 4.41. The van der Waals surface area contributed by atoms with Crippen LogP contribution in [-0.4, -0.2) is 19.7 Å². The van der Waals surface area contributed by atoms with Gasteiger partial charge in [-0.15, -0.1) is 0 Å². The molecule has 0 N–H and O–H groups in total. The predicted molar refractivity (Wildman–Crippen MR) is 96.0 cm³/mol. The Hall–Kier alpha value is -3.15. The minimum Gasteiger partial charge on any atom is -0.329 e. The monoisotopic (exact) mass is 350 g/mol. The SMILES string of the molecule is Cc1nccn1Cc1cc(-c2ccc3ccc(C(F)F)cc3c2)cnn1. The minimum atomic E-state index is -2.48. The van der Waals surface area contributed by atoms with Crippen molar-refractivity contribution in [1.82, 2.24) is 19.7 Å². The molecular weight excluding hydrogens is 334 g/mol. The molecule has 0 radical (unpaired) electrons. The summed E-state index contributed by atoms with van der Waals surface area (Å²) in [5.74, 6) is 0.905. The summed E-state index contributed by atoms with van der Waals surface area (Å²) in [5.41, 5.74) is 2.66. The van der Waals surface area contributed by atoms with Crippen LogP contribution in [0.15, 0.2) is 61.1 Å². The number of nitrogens with zero attached hydrogens (tertiary/aromatic N) is 4. The Morgan fingerprint density at radius 2 is 1.85 bits per heavy atom. The highest BCUT2D eigenvalue weighted by Gasteiger charge is 2.09. The number of rotatable bonds is 4. The van der Waals surface area contributed by atoms with E-state index >= 15 is 0 Å². The summed E-state index contributed by atoms with van der Waals surface area (Å²) >= 11 is 0. The maximum absolute atomic E-state index is 13.0. The number of fused-ring (bicyclic) bond motifs is 1. The van der Waals surface area contributed by atoms with Gasteiger partial charge in [0, 0.05) is 23.5 Å². The van der Waals surface area contributed by atoms with E-state index in [0.717, 1.165) is 33.4 Å². The maximum atomic E-state index is 13.0. The molecule has 0 saturated carbocycles. The summed E-state index contributed by atoms with van der Waals surface area (Å²) in [6.45, 7) is 2.51. The Morgan fingerprint density at radius 3 is 2.62 bits per heavy atom. The van der Waals surface area contributed by atoms with Gasteiger partial charge in [-0.1, -0.05) is 24.3 Å². The molecule has 4 rings (SSSR count). The van der Waals surface area contributed by atoms with E-state index in [1.807, 2.05) is 42.0 Å². The highest BCUT2D eigenvalue weighted by atomic mass is 19.3. The second-order valence-corrected chi connectivity index (χ2v) is 6.16. The van der Waals surface area contributed by atoms with Crippen LogP contribution in [0, 0.1) is 6.92 Å². The molecule has 0 fully saturated rings. The maximum Gasteiger partial charge on any atom is 0.263 e. The zero-order chi connectivity index (χ0) is 18.1. The van der Waals surface area contributed by atoms with E-state index in [9.17, 15) is 8.78 Å². The van der Waals surface area contributed by atoms with Crippen LogP contribution in [0.4, 0.5) is 8.78 Å². The van der Waals surface area contributed by atoms with E-state index in [1.54, 1.807) is 18.5 Å². The molecule has 0 aliphatic heterocycles. The fourth-order valence-corrected chi connectivity index (χ4v) is 2.97. The summed E-state index contributed by atoms with van der Waals surface area (Å²) in [6, 6.07) is 12.5. The Bertz CT molecular complexity index is 1070. The van der Waals surface area contributed by atoms with Crippen molar-refractivity contribution in [1.29, 1.82) is 0 Å². The van der Waals surface area contributed by atoms with E-state index < -0.39 is 6.43 Å². The van der Waals surface area contributed by atoms with Crippen LogP contribution in [0.25, 0.3) is 21.9 Å². The Kier molecular flexibility index (Phi) is 4.16. The first-order valence-corrected chi connectivity index (χ1v) is 8.22. The van der Waals surface area contributed by atoms with Gasteiger partial charge in [-0.3, -0.25) is 0 Å². The Morgan fingerprint density at radius 1 is 1.00 bits per heavy atom. The summed E-state index contributed by atoms with van der Waals surface area (Å²) < 4.78 is 27.9. The first kappa shape index (κ1) is 16.3. The van der Waals surface area contributed by atoms with Crippen molar-refractivity contribution in [2.24, 2.45) is 0 Å². The van der Waals surface area contributed by atoms with Gasteiger partial charge < -0.3 is 4.57 Å². The summed E-state index contributed by atoms with van der Waals surface area (Å²) in [6.07, 6.45) is 2.85. The van der Waals surface area contributed by atoms with Gasteiger partial charge in [0.15, 0.2) is 0 Å². The predicted octanol–water partition coefficient (Wildman–Crippen LogP) is 4.79. The van der Waals surface area contributed by atoms with Crippen molar-refractivity contribution in [3.05, 3.63) is 78.1 Å². The lowest BCUT2D eigenvalue weighted by Gasteiger charge is -2.08. The van der Waals surface area contributed by atoms with E-state index in [2.05, 4.69) is 15.2 Å². The van der Waals surface area contributed by atoms with Crippen molar-refractivity contribution >= 4 is 10.8 Å². The number of aryl methyl sites for hydroxylation is 1. The number of imidazole rings is 1. The van der Waals surface area contributed by atoms with Crippen molar-refractivity contribution in [3.8, 4) is 11.1 Å². The zero-order valence-corrected chi connectivity index (χ0v) is 14.1. The largest absolute Gasteiger partial charge is 0.329 e. The number of benzene rings is 2. The van der Waals surface area contributed by atoms with Crippen LogP contribution >= 0.6 is 0 Å². The van der Waals surface area contributed by atoms with Crippen molar-refractivity contribution in [2.75, 3.05) is 0 Å². The number of hydrogen-bond donors (Lipinski definition) is 0. The molecule has 130 valence electrons. The smallest absolute Gasteiger partial charge is 0.263 e. The minimum absolute atomic E-state index is 0.0266. The summed E-state index contributed by atoms with van der Waals surface area (Å²) in [7, 11) is 0. The van der Waals surface area contributed by atoms with Crippen molar-refractivity contribution in [3.63, 3.8) is 0 Å². The van der Waals surface area contributed by atoms with E-state index in [4.69, 9.17) is 0 Å². The molecule has 26 heavy (non-hydrogen) atoms. The third kappa shape index (κ3) is 3.18. The second-order valence-electron chi connectivity index (χ2n) is 6.16. The van der Waals surface area contributed by atoms with Gasteiger partial charge in [-0.25, -0.2) is 13.8 Å². The summed E-state index contributed by atoms with van der Waals surface area (Å²) in [4.78, 5) is 4.20. The van der Waals surface area contributed by atoms with Gasteiger partial charge in [0.2, 0.25) is 0 Å². The lowest BCUT2D eigenvalue weighted by atomic mass is 10.0. The van der Waals surface area contributed by atoms with Crippen molar-refractivity contribution in [2.45, 2.75) is 19.9 Å². The van der Waals surface area contributed by atoms with Crippen LogP contribution in [-0.2, 0) is 6.54 Å². The molecule has 0 aliphatic carbocycles. The van der Waals surface area contributed by atoms with Crippen LogP contribution in [0.5, 0.6) is 0 Å². The number of halogens is 2. The Balaban J connectivity index is 1.70. The van der Waals surface area contributed by atoms with E-state index in [0.29, 0.717) is 6.54 Å². The molecule has 2 heterocycles. The zero-order valence-electron chi connectivity index (χ0n) is 14.1. The number of alkyl halides is 2. The highest BCUT2D eigenvalue weighted by molar-refractivity contribution is 5.87. The van der Waals surface area contributed by atoms with Crippen molar-refractivity contribution < 1.29 is 8.78 Å². The van der Waals surface area contributed by atoms with Gasteiger partial charge in [0.1, 0.15) is 5.82 Å². The molecule has 0 saturated heterocycles. The van der Waals surface area contributed by atoms with Gasteiger partial charge in [0.25, 0.3) is 6.43 Å². The Labute approximate surface area is 149 Å². The number of hydrogen-bond acceptors (Lipinski definition) is 3. The molecule has 2 aromatic carbocycles. The highest BCUT2D eigenvalue weighted by Crippen LogP contribution is 2.28. The normalized spacial score (nSPS) is 11.4. The molecule has 0 unspecified atom stereocenters. The molecular formula is C20H16F2N4. The van der Waals surface area contributed by atoms with Gasteiger partial charge in [-0.05, 0) is 41.5 Å². The van der Waals surface area contributed by atoms with E-state index in [-0.39, 0.29) is 5.56 Å². The van der Waals surface area contributed by atoms with Gasteiger partial charge >= 0.3 is 0 Å². The molecule has 0 aliphatic rings. The first-order valence-electron chi connectivity index (χ1n) is 8.22. The lowest BCUT2D eigenvalue weighted by Crippen LogP contribution is -2.04. The quantitative estimate of drug-likeness (QED) is 0.532. The topological polar surface area (TPSA) is 43.6 Å². The second kappa shape index (κ2) is 6.63. The molecule has 0 spiro atoms. The van der Waals surface area contributed by atoms with Crippen LogP contribution in [0.1, 0.15) is 23.5 Å². The molecule has 4 nitrogen and oxygen atoms in total. The first-order chi connectivity index (χ1) is 12.6. The average Bonchev–Trinajstić information content (AvgIpc) is 3.05. The van der Waals surface area contributed by atoms with Gasteiger partial charge in [0.05, 0.1) is 18.4 Å². The third-order valence-electron chi connectivity index (χ3n) is 4.41. The fourth-order valence-electron chi connectivity index (χ4n) is 2.97. The van der Waals surface area contributed by atoms with Crippen LogP contribution in [0.3, 0.4) is 0 Å². The molecule has 0 amide bonds. The molecule has 4 aromatic rings. The van der Waals surface area contributed by atoms with Crippen LogP contribution in [0.2, 0.25) is 0 Å². The average molecular weight is 350 g/mol. The fraction of sp³-hybridized carbons (Fsp3) is 0.150. The van der Waals surface area contributed by atoms with Gasteiger partial charge in [-0.2, -0.15) is 10.2 Å². The van der Waals surface area contributed by atoms with Crippen LogP contribution < -0.4 is 0 Å². The molecule has 6 heteroatoms. The number of aromatic nitrogens is 4. The lowest BCUT2D eigenvalue weighted by molar-refractivity contribution is 0.151.